The van der Waals surface area contributed by atoms with E-state index in [1.54, 1.807) is 0 Å². The monoisotopic (exact) mass is 1180 g/mol. The van der Waals surface area contributed by atoms with Gasteiger partial charge < -0.3 is 28.5 Å². The number of nitrogens with one attached hydrogen (secondary N) is 1. The minimum Gasteiger partial charge on any atom is -0.756 e. The van der Waals surface area contributed by atoms with Crippen LogP contribution in [0.1, 0.15) is 329 Å². The maximum atomic E-state index is 13.6. The number of hydrogen-bond donors (Lipinski definition) is 1. The number of nitrogens with zero attached hydrogens (tertiary/aromatic N) is 1. The molecule has 3 unspecified atom stereocenters. The first-order chi connectivity index (χ1) is 40.4. The fourth-order valence-corrected chi connectivity index (χ4v) is 11.0. The van der Waals surface area contributed by atoms with Gasteiger partial charge in [0.25, 0.3) is 7.82 Å². The molecule has 0 radical (unpaired) electrons. The van der Waals surface area contributed by atoms with Crippen molar-refractivity contribution in [1.82, 2.24) is 5.32 Å². The number of rotatable bonds is 64. The van der Waals surface area contributed by atoms with Crippen LogP contribution in [-0.2, 0) is 27.9 Å². The molecule has 0 saturated heterocycles. The third kappa shape index (κ3) is 63.8. The number of carbonyl (C=O) groups is 2. The molecule has 484 valence electrons. The second-order valence-electron chi connectivity index (χ2n) is 25.0. The van der Waals surface area contributed by atoms with Gasteiger partial charge in [-0.3, -0.25) is 14.2 Å². The van der Waals surface area contributed by atoms with Crippen LogP contribution in [0.4, 0.5) is 0 Å². The molecule has 10 heteroatoms. The largest absolute Gasteiger partial charge is 0.756 e. The van der Waals surface area contributed by atoms with E-state index in [4.69, 9.17) is 13.8 Å². The first kappa shape index (κ1) is 80.5. The number of ether oxygens (including phenoxy) is 1. The molecule has 0 aromatic rings. The lowest BCUT2D eigenvalue weighted by molar-refractivity contribution is -0.870. The van der Waals surface area contributed by atoms with E-state index >= 15 is 0 Å². The number of esters is 1. The van der Waals surface area contributed by atoms with Crippen LogP contribution in [0.5, 0.6) is 0 Å². The predicted octanol–water partition coefficient (Wildman–Crippen LogP) is 21.7. The van der Waals surface area contributed by atoms with Crippen molar-refractivity contribution in [2.24, 2.45) is 0 Å². The maximum absolute atomic E-state index is 13.6. The Morgan fingerprint density at radius 3 is 1.16 bits per heavy atom. The highest BCUT2D eigenvalue weighted by atomic mass is 31.2. The number of phosphoric acid groups is 1. The van der Waals surface area contributed by atoms with Crippen LogP contribution < -0.4 is 10.2 Å². The molecule has 9 nitrogen and oxygen atoms in total. The Labute approximate surface area is 514 Å². The highest BCUT2D eigenvalue weighted by Crippen LogP contribution is 2.38. The molecule has 0 aromatic heterocycles. The van der Waals surface area contributed by atoms with Gasteiger partial charge in [0.1, 0.15) is 19.3 Å². The van der Waals surface area contributed by atoms with E-state index in [0.717, 1.165) is 103 Å². The zero-order chi connectivity index (χ0) is 60.7. The summed E-state index contributed by atoms with van der Waals surface area (Å²) in [7, 11) is 1.18. The van der Waals surface area contributed by atoms with Crippen LogP contribution in [0.25, 0.3) is 0 Å². The van der Waals surface area contributed by atoms with Gasteiger partial charge in [0.15, 0.2) is 0 Å². The van der Waals surface area contributed by atoms with E-state index in [-0.39, 0.29) is 24.9 Å². The number of amides is 1. The van der Waals surface area contributed by atoms with Crippen LogP contribution in [0.15, 0.2) is 72.9 Å². The van der Waals surface area contributed by atoms with Crippen LogP contribution in [0.2, 0.25) is 0 Å². The van der Waals surface area contributed by atoms with Crippen molar-refractivity contribution in [2.45, 2.75) is 341 Å². The summed E-state index contributed by atoms with van der Waals surface area (Å²) in [4.78, 5) is 40.1. The number of phosphoric ester groups is 1. The van der Waals surface area contributed by atoms with Crippen molar-refractivity contribution in [3.63, 3.8) is 0 Å². The van der Waals surface area contributed by atoms with Gasteiger partial charge in [0.2, 0.25) is 5.91 Å². The summed E-state index contributed by atoms with van der Waals surface area (Å²) in [5, 5.41) is 3.04. The van der Waals surface area contributed by atoms with E-state index < -0.39 is 26.6 Å². The second kappa shape index (κ2) is 62.5. The fourth-order valence-electron chi connectivity index (χ4n) is 10.3. The molecule has 0 aliphatic carbocycles. The smallest absolute Gasteiger partial charge is 0.306 e. The summed E-state index contributed by atoms with van der Waals surface area (Å²) in [6.45, 7) is 6.75. The summed E-state index contributed by atoms with van der Waals surface area (Å²) in [5.74, 6) is -0.543. The van der Waals surface area contributed by atoms with Crippen molar-refractivity contribution in [3.8, 4) is 0 Å². The quantitative estimate of drug-likeness (QED) is 0.0212. The zero-order valence-corrected chi connectivity index (χ0v) is 56.3. The standard InChI is InChI=1S/C73H135N2O7P/c1-7-10-13-16-19-22-25-27-29-31-33-35-37-39-41-43-45-47-50-53-56-59-62-65-72(76)74-70(69-81-83(78,79)80-68-67-75(4,5)6)71(64-61-58-55-52-49-24-21-18-15-12-9-3)82-73(77)66-63-60-57-54-51-48-46-44-42-40-38-36-34-32-30-28-26-23-20-17-14-11-8-2/h10,13,19,22,27,29,33,35,39,41,61,64,70-71H,7-9,11-12,14-18,20-21,23-26,28,30-32,34,36-38,40,42-60,62-63,65-69H2,1-6H3,(H-,74,76,78,79)/b13-10-,22-19-,29-27-,35-33-,41-39-,64-61+. The van der Waals surface area contributed by atoms with Gasteiger partial charge in [-0.2, -0.15) is 0 Å². The average Bonchev–Trinajstić information content (AvgIpc) is 3.51. The summed E-state index contributed by atoms with van der Waals surface area (Å²) in [6, 6.07) is -0.896. The Morgan fingerprint density at radius 2 is 0.771 bits per heavy atom. The summed E-state index contributed by atoms with van der Waals surface area (Å²) in [5.41, 5.74) is 0. The number of hydrogen-bond acceptors (Lipinski definition) is 7. The number of quaternary nitrogens is 1. The zero-order valence-electron chi connectivity index (χ0n) is 55.4. The highest BCUT2D eigenvalue weighted by molar-refractivity contribution is 7.45. The van der Waals surface area contributed by atoms with E-state index in [1.807, 2.05) is 33.3 Å². The Balaban J connectivity index is 5.05. The van der Waals surface area contributed by atoms with Crippen LogP contribution in [0.3, 0.4) is 0 Å². The van der Waals surface area contributed by atoms with Gasteiger partial charge in [-0.1, -0.05) is 312 Å². The molecule has 0 saturated carbocycles. The lowest BCUT2D eigenvalue weighted by atomic mass is 10.0. The molecular weight excluding hydrogens is 1050 g/mol. The number of allylic oxidation sites excluding steroid dienone is 11. The SMILES string of the molecule is CC/C=C\C/C=C\C/C=C\C/C=C\C/C=C\CCCCCCCCCC(=O)NC(COP(=O)([O-])OCC[N+](C)(C)C)C(/C=C/CCCCCCCCCCC)OC(=O)CCCCCCCCCCCCCCCCCCCCCCCCC. The minimum absolute atomic E-state index is 0.0256. The first-order valence-corrected chi connectivity index (χ1v) is 36.7. The molecule has 0 fully saturated rings. The molecule has 3 atom stereocenters. The normalized spacial score (nSPS) is 14.0. The van der Waals surface area contributed by atoms with E-state index in [0.29, 0.717) is 17.4 Å². The summed E-state index contributed by atoms with van der Waals surface area (Å²) < 4.78 is 30.4. The van der Waals surface area contributed by atoms with Gasteiger partial charge in [0, 0.05) is 12.8 Å². The van der Waals surface area contributed by atoms with Crippen molar-refractivity contribution < 1.29 is 37.3 Å². The molecule has 0 heterocycles. The van der Waals surface area contributed by atoms with Crippen LogP contribution in [-0.4, -0.2) is 69.4 Å². The van der Waals surface area contributed by atoms with Crippen molar-refractivity contribution in [3.05, 3.63) is 72.9 Å². The average molecular weight is 1180 g/mol. The van der Waals surface area contributed by atoms with E-state index in [9.17, 15) is 19.0 Å². The molecule has 83 heavy (non-hydrogen) atoms. The van der Waals surface area contributed by atoms with E-state index in [1.165, 1.54) is 193 Å². The molecule has 0 aliphatic heterocycles. The van der Waals surface area contributed by atoms with Gasteiger partial charge in [-0.05, 0) is 76.7 Å². The lowest BCUT2D eigenvalue weighted by Gasteiger charge is -2.30. The van der Waals surface area contributed by atoms with E-state index in [2.05, 4.69) is 86.8 Å². The summed E-state index contributed by atoms with van der Waals surface area (Å²) in [6.07, 6.45) is 81.7. The van der Waals surface area contributed by atoms with Gasteiger partial charge >= 0.3 is 5.97 Å². The fraction of sp³-hybridized carbons (Fsp3) is 0.808. The number of likely N-dealkylation sites (N-methyl/N-ethyl adjacent to an activating group) is 1. The minimum atomic E-state index is -4.71. The Kier molecular flexibility index (Phi) is 60.6. The Bertz CT molecular complexity index is 1650. The summed E-state index contributed by atoms with van der Waals surface area (Å²) >= 11 is 0. The Hall–Kier alpha value is -2.55. The molecular formula is C73H135N2O7P. The highest BCUT2D eigenvalue weighted by Gasteiger charge is 2.27. The third-order valence-corrected chi connectivity index (χ3v) is 16.6. The van der Waals surface area contributed by atoms with Gasteiger partial charge in [0.05, 0.1) is 33.8 Å². The van der Waals surface area contributed by atoms with Crippen molar-refractivity contribution >= 4 is 19.7 Å². The molecule has 0 aromatic carbocycles. The second-order valence-corrected chi connectivity index (χ2v) is 26.4. The molecule has 0 bridgehead atoms. The Morgan fingerprint density at radius 1 is 0.434 bits per heavy atom. The van der Waals surface area contributed by atoms with Gasteiger partial charge in [-0.25, -0.2) is 0 Å². The van der Waals surface area contributed by atoms with Crippen molar-refractivity contribution in [2.75, 3.05) is 40.9 Å². The number of carbonyl (C=O) groups excluding carboxylic acids is 2. The lowest BCUT2D eigenvalue weighted by Crippen LogP contribution is -2.47. The van der Waals surface area contributed by atoms with Crippen molar-refractivity contribution in [1.29, 1.82) is 0 Å². The molecule has 0 aliphatic rings. The van der Waals surface area contributed by atoms with Crippen LogP contribution >= 0.6 is 7.82 Å². The third-order valence-electron chi connectivity index (χ3n) is 15.7. The topological polar surface area (TPSA) is 114 Å². The molecule has 0 spiro atoms. The maximum Gasteiger partial charge on any atom is 0.306 e. The molecule has 1 amide bonds. The predicted molar refractivity (Wildman–Crippen MR) is 358 cm³/mol. The number of unbranched alkanes of at least 4 members (excludes halogenated alkanes) is 38. The molecule has 1 N–H and O–H groups in total. The first-order valence-electron chi connectivity index (χ1n) is 35.2. The molecule has 0 rings (SSSR count). The van der Waals surface area contributed by atoms with Gasteiger partial charge in [-0.15, -0.1) is 0 Å². The van der Waals surface area contributed by atoms with Crippen LogP contribution in [0, 0.1) is 0 Å².